The monoisotopic (exact) mass is 306 g/mol. The van der Waals surface area contributed by atoms with Crippen LogP contribution in [0.1, 0.15) is 16.7 Å². The molecule has 0 aliphatic heterocycles. The van der Waals surface area contributed by atoms with Crippen LogP contribution in [0.4, 0.5) is 26.3 Å². The highest BCUT2D eigenvalue weighted by atomic mass is 32.1. The van der Waals surface area contributed by atoms with Crippen LogP contribution in [-0.4, -0.2) is 23.6 Å². The van der Waals surface area contributed by atoms with Crippen LogP contribution < -0.4 is 0 Å². The van der Waals surface area contributed by atoms with Gasteiger partial charge in [-0.2, -0.15) is 26.3 Å². The molecule has 0 bridgehead atoms. The Morgan fingerprint density at radius 3 is 1.89 bits per heavy atom. The topological polar surface area (TPSA) is 20.2 Å². The van der Waals surface area contributed by atoms with E-state index < -0.39 is 30.8 Å². The number of aliphatic hydroxyl groups excluding tert-OH is 1. The van der Waals surface area contributed by atoms with E-state index in [1.807, 2.05) is 6.92 Å². The summed E-state index contributed by atoms with van der Waals surface area (Å²) in [6.07, 6.45) is -13.6. The maximum Gasteiger partial charge on any atom is 0.403 e. The van der Waals surface area contributed by atoms with Crippen LogP contribution in [0.2, 0.25) is 0 Å². The molecule has 1 unspecified atom stereocenters. The van der Waals surface area contributed by atoms with Gasteiger partial charge in [0, 0.05) is 16.2 Å². The number of halogens is 6. The normalized spacial score (nSPS) is 15.0. The molecule has 0 aliphatic carbocycles. The largest absolute Gasteiger partial charge is 0.403 e. The van der Waals surface area contributed by atoms with Crippen LogP contribution in [0.25, 0.3) is 0 Å². The molecule has 1 aromatic heterocycles. The number of aliphatic hydroxyl groups is 1. The molecule has 0 spiro atoms. The lowest BCUT2D eigenvalue weighted by molar-refractivity contribution is -0.305. The second-order valence-electron chi connectivity index (χ2n) is 4.05. The summed E-state index contributed by atoms with van der Waals surface area (Å²) in [5.74, 6) is -3.72. The van der Waals surface area contributed by atoms with Gasteiger partial charge in [-0.15, -0.1) is 11.3 Å². The van der Waals surface area contributed by atoms with Crippen molar-refractivity contribution in [1.29, 1.82) is 0 Å². The molecule has 0 saturated heterocycles. The minimum atomic E-state index is -5.51. The van der Waals surface area contributed by atoms with Crippen molar-refractivity contribution >= 4 is 11.3 Å². The third-order valence-corrected chi connectivity index (χ3v) is 3.82. The number of hydrogen-bond acceptors (Lipinski definition) is 2. The van der Waals surface area contributed by atoms with E-state index in [1.165, 1.54) is 6.07 Å². The average Bonchev–Trinajstić information content (AvgIpc) is 2.60. The summed E-state index contributed by atoms with van der Waals surface area (Å²) in [6.45, 7) is 1.82. The molecule has 1 nitrogen and oxygen atoms in total. The molecule has 0 saturated carbocycles. The Kier molecular flexibility index (Phi) is 4.89. The van der Waals surface area contributed by atoms with E-state index in [2.05, 4.69) is 0 Å². The molecule has 1 N–H and O–H groups in total. The SMILES string of the molecule is CCc1ccc(CC(O)C(C(F)(F)F)C(F)(F)F)s1. The lowest BCUT2D eigenvalue weighted by Gasteiger charge is -2.27. The van der Waals surface area contributed by atoms with Gasteiger partial charge in [0.05, 0.1) is 6.10 Å². The second-order valence-corrected chi connectivity index (χ2v) is 5.31. The van der Waals surface area contributed by atoms with Gasteiger partial charge >= 0.3 is 12.4 Å². The van der Waals surface area contributed by atoms with Crippen LogP contribution in [0.3, 0.4) is 0 Å². The summed E-state index contributed by atoms with van der Waals surface area (Å²) >= 11 is 1.11. The Balaban J connectivity index is 2.86. The van der Waals surface area contributed by atoms with Crippen LogP contribution in [-0.2, 0) is 12.8 Å². The van der Waals surface area contributed by atoms with Crippen LogP contribution in [0, 0.1) is 5.92 Å². The third kappa shape index (κ3) is 4.38. The molecule has 0 aliphatic rings. The lowest BCUT2D eigenvalue weighted by Crippen LogP contribution is -2.45. The smallest absolute Gasteiger partial charge is 0.392 e. The Morgan fingerprint density at radius 1 is 1.05 bits per heavy atom. The molecule has 8 heteroatoms. The molecular formula is C11H12F6OS. The minimum absolute atomic E-state index is 0.308. The fourth-order valence-electron chi connectivity index (χ4n) is 1.67. The van der Waals surface area contributed by atoms with Gasteiger partial charge in [0.25, 0.3) is 0 Å². The Labute approximate surface area is 109 Å². The van der Waals surface area contributed by atoms with Crippen LogP contribution >= 0.6 is 11.3 Å². The molecule has 1 rings (SSSR count). The van der Waals surface area contributed by atoms with Crippen molar-refractivity contribution in [3.63, 3.8) is 0 Å². The number of hydrogen-bond donors (Lipinski definition) is 1. The summed E-state index contributed by atoms with van der Waals surface area (Å²) in [7, 11) is 0. The first-order chi connectivity index (χ1) is 8.55. The molecular weight excluding hydrogens is 294 g/mol. The maximum atomic E-state index is 12.4. The summed E-state index contributed by atoms with van der Waals surface area (Å²) in [5, 5.41) is 9.28. The second kappa shape index (κ2) is 5.70. The van der Waals surface area contributed by atoms with Crippen molar-refractivity contribution in [1.82, 2.24) is 0 Å². The first-order valence-electron chi connectivity index (χ1n) is 5.44. The Bertz CT molecular complexity index is 394. The van der Waals surface area contributed by atoms with Crippen molar-refractivity contribution in [3.05, 3.63) is 21.9 Å². The predicted molar refractivity (Wildman–Crippen MR) is 59.0 cm³/mol. The Morgan fingerprint density at radius 2 is 1.53 bits per heavy atom. The first kappa shape index (κ1) is 16.3. The zero-order valence-corrected chi connectivity index (χ0v) is 10.7. The van der Waals surface area contributed by atoms with E-state index in [9.17, 15) is 31.4 Å². The number of thiophene rings is 1. The highest BCUT2D eigenvalue weighted by Gasteiger charge is 2.60. The predicted octanol–water partition coefficient (Wildman–Crippen LogP) is 3.95. The van der Waals surface area contributed by atoms with Gasteiger partial charge in [-0.1, -0.05) is 6.92 Å². The highest BCUT2D eigenvalue weighted by molar-refractivity contribution is 7.11. The molecule has 0 fully saturated rings. The van der Waals surface area contributed by atoms with E-state index in [4.69, 9.17) is 0 Å². The van der Waals surface area contributed by atoms with Gasteiger partial charge in [-0.3, -0.25) is 0 Å². The van der Waals surface area contributed by atoms with Gasteiger partial charge in [0.15, 0.2) is 5.92 Å². The molecule has 0 aromatic carbocycles. The average molecular weight is 306 g/mol. The van der Waals surface area contributed by atoms with Gasteiger partial charge < -0.3 is 5.11 Å². The molecule has 19 heavy (non-hydrogen) atoms. The number of alkyl halides is 6. The molecule has 1 heterocycles. The Hall–Kier alpha value is -0.760. The quantitative estimate of drug-likeness (QED) is 0.835. The van der Waals surface area contributed by atoms with Crippen molar-refractivity contribution < 1.29 is 31.4 Å². The maximum absolute atomic E-state index is 12.4. The molecule has 0 radical (unpaired) electrons. The third-order valence-electron chi connectivity index (χ3n) is 2.57. The summed E-state index contributed by atoms with van der Waals surface area (Å²) in [5.41, 5.74) is 0. The van der Waals surface area contributed by atoms with E-state index in [0.29, 0.717) is 11.3 Å². The van der Waals surface area contributed by atoms with Gasteiger partial charge in [0.2, 0.25) is 0 Å². The van der Waals surface area contributed by atoms with Crippen molar-refractivity contribution in [2.24, 2.45) is 5.92 Å². The summed E-state index contributed by atoms with van der Waals surface area (Å²) in [6, 6.07) is 3.07. The number of aryl methyl sites for hydroxylation is 1. The minimum Gasteiger partial charge on any atom is -0.392 e. The standard InChI is InChI=1S/C11H12F6OS/c1-2-6-3-4-7(19-6)5-8(18)9(10(12,13)14)11(15,16)17/h3-4,8-9,18H,2,5H2,1H3. The molecule has 1 aromatic rings. The highest BCUT2D eigenvalue weighted by Crippen LogP contribution is 2.42. The van der Waals surface area contributed by atoms with Gasteiger partial charge in [0.1, 0.15) is 0 Å². The van der Waals surface area contributed by atoms with Gasteiger partial charge in [-0.25, -0.2) is 0 Å². The van der Waals surface area contributed by atoms with Gasteiger partial charge in [-0.05, 0) is 18.6 Å². The lowest BCUT2D eigenvalue weighted by atomic mass is 9.98. The van der Waals surface area contributed by atoms with E-state index >= 15 is 0 Å². The molecule has 1 atom stereocenters. The summed E-state index contributed by atoms with van der Waals surface area (Å²) in [4.78, 5) is 1.15. The zero-order valence-electron chi connectivity index (χ0n) is 9.85. The van der Waals surface area contributed by atoms with Crippen molar-refractivity contribution in [3.8, 4) is 0 Å². The van der Waals surface area contributed by atoms with Crippen molar-refractivity contribution in [2.45, 2.75) is 38.2 Å². The van der Waals surface area contributed by atoms with E-state index in [1.54, 1.807) is 6.07 Å². The fraction of sp³-hybridized carbons (Fsp3) is 0.636. The number of rotatable bonds is 4. The first-order valence-corrected chi connectivity index (χ1v) is 6.26. The fourth-order valence-corrected chi connectivity index (χ4v) is 2.68. The zero-order chi connectivity index (χ0) is 14.8. The van der Waals surface area contributed by atoms with E-state index in [0.717, 1.165) is 16.2 Å². The summed E-state index contributed by atoms with van der Waals surface area (Å²) < 4.78 is 74.2. The van der Waals surface area contributed by atoms with Crippen LogP contribution in [0.5, 0.6) is 0 Å². The van der Waals surface area contributed by atoms with Crippen LogP contribution in [0.15, 0.2) is 12.1 Å². The van der Waals surface area contributed by atoms with E-state index in [-0.39, 0.29) is 0 Å². The molecule has 0 amide bonds. The van der Waals surface area contributed by atoms with Crippen molar-refractivity contribution in [2.75, 3.05) is 0 Å². The molecule has 110 valence electrons.